The maximum atomic E-state index is 13.0. The summed E-state index contributed by atoms with van der Waals surface area (Å²) in [6.45, 7) is 11.0. The van der Waals surface area contributed by atoms with Crippen molar-refractivity contribution < 1.29 is 9.18 Å². The molecule has 1 aromatic rings. The Morgan fingerprint density at radius 1 is 1.11 bits per heavy atom. The number of hydrogen-bond donors (Lipinski definition) is 2. The van der Waals surface area contributed by atoms with E-state index in [0.29, 0.717) is 19.0 Å². The maximum Gasteiger partial charge on any atom is 0.314 e. The fourth-order valence-electron chi connectivity index (χ4n) is 4.49. The predicted molar refractivity (Wildman–Crippen MR) is 108 cm³/mol. The minimum Gasteiger partial charge on any atom is -0.371 e. The van der Waals surface area contributed by atoms with Crippen LogP contribution in [0.2, 0.25) is 0 Å². The van der Waals surface area contributed by atoms with Crippen molar-refractivity contribution >= 4 is 11.7 Å². The highest BCUT2D eigenvalue weighted by Crippen LogP contribution is 2.23. The Hall–Kier alpha value is -1.82. The Kier molecular flexibility index (Phi) is 6.94. The second-order valence-electron chi connectivity index (χ2n) is 8.42. The maximum absolute atomic E-state index is 13.0. The lowest BCUT2D eigenvalue weighted by molar-refractivity contribution is 0.142. The molecule has 5 nitrogen and oxygen atoms in total. The lowest BCUT2D eigenvalue weighted by Gasteiger charge is -2.34. The number of piperidine rings is 1. The molecule has 1 aromatic carbocycles. The molecule has 2 amide bonds. The first-order valence-corrected chi connectivity index (χ1v) is 10.2. The normalized spacial score (nSPS) is 26.2. The number of carbonyl (C=O) groups is 1. The molecule has 0 aliphatic carbocycles. The number of hydrogen-bond acceptors (Lipinski definition) is 3. The second kappa shape index (κ2) is 9.40. The van der Waals surface area contributed by atoms with Crippen molar-refractivity contribution in [2.45, 2.75) is 26.7 Å². The van der Waals surface area contributed by atoms with Crippen molar-refractivity contribution in [2.75, 3.05) is 50.7 Å². The summed E-state index contributed by atoms with van der Waals surface area (Å²) in [5, 5.41) is 5.99. The largest absolute Gasteiger partial charge is 0.371 e. The number of amides is 2. The quantitative estimate of drug-likeness (QED) is 0.803. The predicted octanol–water partition coefficient (Wildman–Crippen LogP) is 2.93. The molecule has 2 heterocycles. The SMILES string of the molecule is C[C@@H]1C[C@H](C)CN(CCNC(=O)NC[C@H]2CCN(c3ccc(F)cc3)C2)C1. The molecule has 0 spiro atoms. The third kappa shape index (κ3) is 6.09. The third-order valence-electron chi connectivity index (χ3n) is 5.69. The minimum atomic E-state index is -0.207. The van der Waals surface area contributed by atoms with E-state index < -0.39 is 0 Å². The molecule has 0 aromatic heterocycles. The first kappa shape index (κ1) is 19.9. The Labute approximate surface area is 162 Å². The van der Waals surface area contributed by atoms with Crippen molar-refractivity contribution in [1.82, 2.24) is 15.5 Å². The summed E-state index contributed by atoms with van der Waals surface area (Å²) in [6, 6.07) is 6.56. The van der Waals surface area contributed by atoms with Crippen molar-refractivity contribution in [3.05, 3.63) is 30.1 Å². The number of benzene rings is 1. The smallest absolute Gasteiger partial charge is 0.314 e. The van der Waals surface area contributed by atoms with Gasteiger partial charge in [0.05, 0.1) is 0 Å². The van der Waals surface area contributed by atoms with Crippen LogP contribution in [0.25, 0.3) is 0 Å². The second-order valence-corrected chi connectivity index (χ2v) is 8.42. The van der Waals surface area contributed by atoms with Crippen LogP contribution < -0.4 is 15.5 Å². The monoisotopic (exact) mass is 376 g/mol. The van der Waals surface area contributed by atoms with E-state index in [4.69, 9.17) is 0 Å². The van der Waals surface area contributed by atoms with Gasteiger partial charge in [-0.05, 0) is 54.9 Å². The molecule has 2 aliphatic heterocycles. The van der Waals surface area contributed by atoms with Gasteiger partial charge in [0, 0.05) is 51.5 Å². The Morgan fingerprint density at radius 2 is 1.81 bits per heavy atom. The number of nitrogens with zero attached hydrogens (tertiary/aromatic N) is 2. The molecule has 2 N–H and O–H groups in total. The van der Waals surface area contributed by atoms with Gasteiger partial charge in [-0.2, -0.15) is 0 Å². The highest BCUT2D eigenvalue weighted by molar-refractivity contribution is 5.73. The van der Waals surface area contributed by atoms with Crippen LogP contribution in [-0.2, 0) is 0 Å². The summed E-state index contributed by atoms with van der Waals surface area (Å²) >= 11 is 0. The average molecular weight is 377 g/mol. The number of rotatable bonds is 6. The first-order valence-electron chi connectivity index (χ1n) is 10.2. The molecule has 150 valence electrons. The summed E-state index contributed by atoms with van der Waals surface area (Å²) in [6.07, 6.45) is 2.35. The van der Waals surface area contributed by atoms with Crippen LogP contribution in [0, 0.1) is 23.6 Å². The summed E-state index contributed by atoms with van der Waals surface area (Å²) < 4.78 is 13.0. The third-order valence-corrected chi connectivity index (χ3v) is 5.69. The Bertz CT molecular complexity index is 599. The Morgan fingerprint density at radius 3 is 2.52 bits per heavy atom. The fraction of sp³-hybridized carbons (Fsp3) is 0.667. The molecule has 2 saturated heterocycles. The van der Waals surface area contributed by atoms with Crippen molar-refractivity contribution in [3.63, 3.8) is 0 Å². The highest BCUT2D eigenvalue weighted by atomic mass is 19.1. The van der Waals surface area contributed by atoms with Crippen LogP contribution in [0.1, 0.15) is 26.7 Å². The lowest BCUT2D eigenvalue weighted by atomic mass is 9.92. The summed E-state index contributed by atoms with van der Waals surface area (Å²) in [7, 11) is 0. The van der Waals surface area contributed by atoms with Crippen LogP contribution in [-0.4, -0.2) is 56.7 Å². The van der Waals surface area contributed by atoms with Gasteiger partial charge in [0.15, 0.2) is 0 Å². The fourth-order valence-corrected chi connectivity index (χ4v) is 4.49. The van der Waals surface area contributed by atoms with E-state index in [0.717, 1.165) is 56.7 Å². The lowest BCUT2D eigenvalue weighted by Crippen LogP contribution is -2.45. The number of urea groups is 1. The van der Waals surface area contributed by atoms with Gasteiger partial charge in [0.1, 0.15) is 5.82 Å². The Balaban J connectivity index is 1.31. The zero-order valence-electron chi connectivity index (χ0n) is 16.6. The van der Waals surface area contributed by atoms with Gasteiger partial charge in [0.2, 0.25) is 0 Å². The van der Waals surface area contributed by atoms with Crippen molar-refractivity contribution in [1.29, 1.82) is 0 Å². The standard InChI is InChI=1S/C21H33FN4O/c1-16-11-17(2)14-25(13-16)10-8-23-21(27)24-12-18-7-9-26(15-18)20-5-3-19(22)4-6-20/h3-6,16-18H,7-15H2,1-2H3,(H2,23,24,27)/t16-,17+,18-/m1/s1. The van der Waals surface area contributed by atoms with Gasteiger partial charge in [-0.1, -0.05) is 13.8 Å². The van der Waals surface area contributed by atoms with Gasteiger partial charge in [-0.15, -0.1) is 0 Å². The van der Waals surface area contributed by atoms with E-state index in [1.54, 1.807) is 0 Å². The van der Waals surface area contributed by atoms with Crippen LogP contribution in [0.5, 0.6) is 0 Å². The van der Waals surface area contributed by atoms with Gasteiger partial charge < -0.3 is 20.4 Å². The molecule has 3 atom stereocenters. The van der Waals surface area contributed by atoms with E-state index in [9.17, 15) is 9.18 Å². The summed E-state index contributed by atoms with van der Waals surface area (Å²) in [5.74, 6) is 1.72. The van der Waals surface area contributed by atoms with Gasteiger partial charge >= 0.3 is 6.03 Å². The van der Waals surface area contributed by atoms with E-state index in [2.05, 4.69) is 34.3 Å². The first-order chi connectivity index (χ1) is 13.0. The van der Waals surface area contributed by atoms with Crippen molar-refractivity contribution in [3.8, 4) is 0 Å². The molecule has 0 radical (unpaired) electrons. The summed E-state index contributed by atoms with van der Waals surface area (Å²) in [4.78, 5) is 16.8. The number of likely N-dealkylation sites (tertiary alicyclic amines) is 1. The van der Waals surface area contributed by atoms with Crippen LogP contribution in [0.4, 0.5) is 14.9 Å². The number of anilines is 1. The van der Waals surface area contributed by atoms with E-state index in [1.165, 1.54) is 18.6 Å². The van der Waals surface area contributed by atoms with Gasteiger partial charge in [-0.25, -0.2) is 9.18 Å². The molecule has 2 fully saturated rings. The molecule has 0 bridgehead atoms. The molecule has 27 heavy (non-hydrogen) atoms. The molecular weight excluding hydrogens is 343 g/mol. The van der Waals surface area contributed by atoms with Crippen LogP contribution in [0.3, 0.4) is 0 Å². The van der Waals surface area contributed by atoms with Crippen LogP contribution in [0.15, 0.2) is 24.3 Å². The molecule has 3 rings (SSSR count). The number of halogens is 1. The molecule has 2 aliphatic rings. The van der Waals surface area contributed by atoms with Crippen molar-refractivity contribution in [2.24, 2.45) is 17.8 Å². The number of carbonyl (C=O) groups excluding carboxylic acids is 1. The average Bonchev–Trinajstić information content (AvgIpc) is 3.09. The molecular formula is C21H33FN4O. The van der Waals surface area contributed by atoms with E-state index >= 15 is 0 Å². The highest BCUT2D eigenvalue weighted by Gasteiger charge is 2.23. The van der Waals surface area contributed by atoms with Gasteiger partial charge in [0.25, 0.3) is 0 Å². The zero-order chi connectivity index (χ0) is 19.2. The zero-order valence-corrected chi connectivity index (χ0v) is 16.6. The molecule has 0 saturated carbocycles. The molecule has 6 heteroatoms. The van der Waals surface area contributed by atoms with E-state index in [-0.39, 0.29) is 11.8 Å². The van der Waals surface area contributed by atoms with Crippen LogP contribution >= 0.6 is 0 Å². The van der Waals surface area contributed by atoms with Gasteiger partial charge in [-0.3, -0.25) is 0 Å². The topological polar surface area (TPSA) is 47.6 Å². The minimum absolute atomic E-state index is 0.0756. The van der Waals surface area contributed by atoms with E-state index in [1.807, 2.05) is 12.1 Å². The molecule has 0 unspecified atom stereocenters. The number of nitrogens with one attached hydrogen (secondary N) is 2. The summed E-state index contributed by atoms with van der Waals surface area (Å²) in [5.41, 5.74) is 1.05.